The minimum atomic E-state index is -4.66. The van der Waals surface area contributed by atoms with E-state index in [0.29, 0.717) is 0 Å². The topological polar surface area (TPSA) is 26.0 Å². The van der Waals surface area contributed by atoms with Crippen molar-refractivity contribution in [2.24, 2.45) is 5.73 Å². The molecule has 1 aromatic carbocycles. The van der Waals surface area contributed by atoms with Crippen molar-refractivity contribution in [2.75, 3.05) is 0 Å². The molecule has 1 nitrogen and oxygen atoms in total. The van der Waals surface area contributed by atoms with Gasteiger partial charge in [-0.3, -0.25) is 0 Å². The van der Waals surface area contributed by atoms with Crippen molar-refractivity contribution in [1.29, 1.82) is 0 Å². The van der Waals surface area contributed by atoms with Crippen LogP contribution in [0.3, 0.4) is 0 Å². The van der Waals surface area contributed by atoms with E-state index < -0.39 is 29.8 Å². The normalized spacial score (nSPS) is 14.3. The van der Waals surface area contributed by atoms with E-state index in [0.717, 1.165) is 18.2 Å². The Balaban J connectivity index is 3.18. The van der Waals surface area contributed by atoms with Crippen LogP contribution in [0.25, 0.3) is 0 Å². The van der Waals surface area contributed by atoms with Crippen molar-refractivity contribution in [3.63, 3.8) is 0 Å². The molecule has 15 heavy (non-hydrogen) atoms. The van der Waals surface area contributed by atoms with Crippen LogP contribution in [0.4, 0.5) is 22.0 Å². The van der Waals surface area contributed by atoms with Crippen molar-refractivity contribution in [2.45, 2.75) is 18.6 Å². The molecular weight excluding hydrogens is 217 g/mol. The van der Waals surface area contributed by atoms with Crippen LogP contribution in [0.5, 0.6) is 0 Å². The van der Waals surface area contributed by atoms with Crippen LogP contribution >= 0.6 is 0 Å². The maximum Gasteiger partial charge on any atom is 0.416 e. The summed E-state index contributed by atoms with van der Waals surface area (Å²) < 4.78 is 61.5. The zero-order valence-electron chi connectivity index (χ0n) is 7.43. The van der Waals surface area contributed by atoms with Crippen molar-refractivity contribution in [3.05, 3.63) is 35.4 Å². The molecule has 0 aromatic heterocycles. The molecule has 0 aliphatic heterocycles. The van der Waals surface area contributed by atoms with Crippen molar-refractivity contribution in [1.82, 2.24) is 0 Å². The van der Waals surface area contributed by atoms with E-state index in [1.54, 1.807) is 0 Å². The summed E-state index contributed by atoms with van der Waals surface area (Å²) in [4.78, 5) is 0. The van der Waals surface area contributed by atoms with Crippen LogP contribution in [0, 0.1) is 0 Å². The average Bonchev–Trinajstić information content (AvgIpc) is 2.15. The van der Waals surface area contributed by atoms with Gasteiger partial charge in [-0.25, -0.2) is 8.78 Å². The Morgan fingerprint density at radius 1 is 1.07 bits per heavy atom. The lowest BCUT2D eigenvalue weighted by Crippen LogP contribution is -2.23. The van der Waals surface area contributed by atoms with Gasteiger partial charge >= 0.3 is 6.18 Å². The number of hydrogen-bond acceptors (Lipinski definition) is 1. The molecule has 0 aliphatic carbocycles. The van der Waals surface area contributed by atoms with Crippen LogP contribution in [0.15, 0.2) is 24.3 Å². The van der Waals surface area contributed by atoms with Crippen LogP contribution in [-0.4, -0.2) is 6.43 Å². The molecule has 0 radical (unpaired) electrons. The fraction of sp³-hybridized carbons (Fsp3) is 0.333. The molecule has 2 N–H and O–H groups in total. The molecule has 0 fully saturated rings. The number of alkyl halides is 5. The van der Waals surface area contributed by atoms with Crippen molar-refractivity contribution >= 4 is 0 Å². The third kappa shape index (κ3) is 2.65. The third-order valence-corrected chi connectivity index (χ3v) is 1.90. The van der Waals surface area contributed by atoms with Gasteiger partial charge in [0, 0.05) is 0 Å². The molecule has 1 atom stereocenters. The highest BCUT2D eigenvalue weighted by Gasteiger charge is 2.35. The lowest BCUT2D eigenvalue weighted by molar-refractivity contribution is -0.138. The summed E-state index contributed by atoms with van der Waals surface area (Å²) in [7, 11) is 0. The maximum absolute atomic E-state index is 12.4. The number of nitrogens with two attached hydrogens (primary N) is 1. The number of halogens is 5. The van der Waals surface area contributed by atoms with Crippen LogP contribution in [0.2, 0.25) is 0 Å². The summed E-state index contributed by atoms with van der Waals surface area (Å²) in [5.41, 5.74) is 3.29. The van der Waals surface area contributed by atoms with Gasteiger partial charge < -0.3 is 5.73 Å². The summed E-state index contributed by atoms with van der Waals surface area (Å²) in [6, 6.07) is 2.15. The van der Waals surface area contributed by atoms with Gasteiger partial charge in [0.25, 0.3) is 6.43 Å². The summed E-state index contributed by atoms with van der Waals surface area (Å²) in [6.45, 7) is 0. The Bertz CT molecular complexity index is 334. The zero-order valence-corrected chi connectivity index (χ0v) is 7.43. The SMILES string of the molecule is N[C@H](c1ccccc1C(F)(F)F)C(F)F. The number of benzene rings is 1. The van der Waals surface area contributed by atoms with Crippen molar-refractivity contribution < 1.29 is 22.0 Å². The molecule has 0 saturated heterocycles. The monoisotopic (exact) mass is 225 g/mol. The highest BCUT2D eigenvalue weighted by Crippen LogP contribution is 2.35. The predicted molar refractivity (Wildman–Crippen MR) is 44.4 cm³/mol. The fourth-order valence-corrected chi connectivity index (χ4v) is 1.18. The highest BCUT2D eigenvalue weighted by atomic mass is 19.4. The first-order chi connectivity index (χ1) is 6.84. The van der Waals surface area contributed by atoms with Crippen LogP contribution < -0.4 is 5.73 Å². The van der Waals surface area contributed by atoms with Crippen molar-refractivity contribution in [3.8, 4) is 0 Å². The van der Waals surface area contributed by atoms with Gasteiger partial charge in [0.05, 0.1) is 11.6 Å². The molecule has 0 aliphatic rings. The average molecular weight is 225 g/mol. The van der Waals surface area contributed by atoms with Gasteiger partial charge in [0.15, 0.2) is 0 Å². The molecule has 0 heterocycles. The Labute approximate surface area is 82.7 Å². The van der Waals surface area contributed by atoms with E-state index >= 15 is 0 Å². The van der Waals surface area contributed by atoms with E-state index in [1.807, 2.05) is 0 Å². The molecule has 0 bridgehead atoms. The Kier molecular flexibility index (Phi) is 3.28. The van der Waals surface area contributed by atoms with Gasteiger partial charge in [-0.1, -0.05) is 18.2 Å². The van der Waals surface area contributed by atoms with E-state index in [-0.39, 0.29) is 0 Å². The molecule has 0 saturated carbocycles. The van der Waals surface area contributed by atoms with E-state index in [2.05, 4.69) is 0 Å². The molecule has 84 valence electrons. The molecule has 0 unspecified atom stereocenters. The van der Waals surface area contributed by atoms with E-state index in [9.17, 15) is 22.0 Å². The molecule has 0 spiro atoms. The maximum atomic E-state index is 12.4. The largest absolute Gasteiger partial charge is 0.416 e. The second-order valence-electron chi connectivity index (χ2n) is 2.95. The first-order valence-electron chi connectivity index (χ1n) is 4.04. The van der Waals surface area contributed by atoms with Crippen LogP contribution in [-0.2, 0) is 6.18 Å². The van der Waals surface area contributed by atoms with E-state index in [1.165, 1.54) is 6.07 Å². The number of hydrogen-bond donors (Lipinski definition) is 1. The summed E-state index contributed by atoms with van der Waals surface area (Å²) in [6.07, 6.45) is -7.68. The van der Waals surface area contributed by atoms with Gasteiger partial charge in [0.2, 0.25) is 0 Å². The first kappa shape index (κ1) is 11.9. The van der Waals surface area contributed by atoms with Gasteiger partial charge in [-0.15, -0.1) is 0 Å². The Morgan fingerprint density at radius 3 is 2.07 bits per heavy atom. The van der Waals surface area contributed by atoms with Crippen LogP contribution in [0.1, 0.15) is 17.2 Å². The molecular formula is C9H8F5N. The smallest absolute Gasteiger partial charge is 0.319 e. The summed E-state index contributed by atoms with van der Waals surface area (Å²) in [5, 5.41) is 0. The van der Waals surface area contributed by atoms with Gasteiger partial charge in [-0.05, 0) is 11.6 Å². The summed E-state index contributed by atoms with van der Waals surface area (Å²) >= 11 is 0. The third-order valence-electron chi connectivity index (χ3n) is 1.90. The lowest BCUT2D eigenvalue weighted by Gasteiger charge is -2.17. The first-order valence-corrected chi connectivity index (χ1v) is 4.04. The summed E-state index contributed by atoms with van der Waals surface area (Å²) in [5.74, 6) is 0. The predicted octanol–water partition coefficient (Wildman–Crippen LogP) is 2.97. The standard InChI is InChI=1S/C9H8F5N/c10-8(11)7(15)5-3-1-2-4-6(5)9(12,13)14/h1-4,7-8H,15H2/t7-/m1/s1. The lowest BCUT2D eigenvalue weighted by atomic mass is 10.0. The number of rotatable bonds is 2. The second kappa shape index (κ2) is 4.14. The Morgan fingerprint density at radius 2 is 1.60 bits per heavy atom. The quantitative estimate of drug-likeness (QED) is 0.769. The van der Waals surface area contributed by atoms with E-state index in [4.69, 9.17) is 5.73 Å². The molecule has 1 rings (SSSR count). The zero-order chi connectivity index (χ0) is 11.6. The van der Waals surface area contributed by atoms with Gasteiger partial charge in [-0.2, -0.15) is 13.2 Å². The minimum absolute atomic E-state index is 0.583. The Hall–Kier alpha value is -1.17. The minimum Gasteiger partial charge on any atom is -0.319 e. The van der Waals surface area contributed by atoms with Gasteiger partial charge in [0.1, 0.15) is 0 Å². The second-order valence-corrected chi connectivity index (χ2v) is 2.95. The molecule has 6 heteroatoms. The molecule has 1 aromatic rings. The molecule has 0 amide bonds. The highest BCUT2D eigenvalue weighted by molar-refractivity contribution is 5.32. The fourth-order valence-electron chi connectivity index (χ4n) is 1.18.